The van der Waals surface area contributed by atoms with Gasteiger partial charge in [0.25, 0.3) is 0 Å². The summed E-state index contributed by atoms with van der Waals surface area (Å²) in [5, 5.41) is 7.30. The van der Waals surface area contributed by atoms with Crippen molar-refractivity contribution in [3.63, 3.8) is 0 Å². The van der Waals surface area contributed by atoms with Crippen LogP contribution in [0.5, 0.6) is 0 Å². The maximum absolute atomic E-state index is 15.9. The largest absolute Gasteiger partial charge is 0.307 e. The van der Waals surface area contributed by atoms with E-state index in [-0.39, 0.29) is 5.82 Å². The molecule has 53 heavy (non-hydrogen) atoms. The highest BCUT2D eigenvalue weighted by Gasteiger charge is 2.30. The van der Waals surface area contributed by atoms with Gasteiger partial charge in [-0.2, -0.15) is 0 Å². The quantitative estimate of drug-likeness (QED) is 0.173. The van der Waals surface area contributed by atoms with Crippen LogP contribution in [0.2, 0.25) is 0 Å². The molecule has 0 radical (unpaired) electrons. The second-order valence-corrected chi connectivity index (χ2v) is 14.8. The Morgan fingerprint density at radius 1 is 0.377 bits per heavy atom. The summed E-state index contributed by atoms with van der Waals surface area (Å²) < 4.78 is 18.3. The molecule has 1 aromatic heterocycles. The molecule has 3 heteroatoms. The van der Waals surface area contributed by atoms with Crippen LogP contribution < -0.4 is 4.90 Å². The molecule has 0 saturated heterocycles. The molecule has 0 fully saturated rings. The second kappa shape index (κ2) is 11.7. The lowest BCUT2D eigenvalue weighted by atomic mass is 9.82. The summed E-state index contributed by atoms with van der Waals surface area (Å²) in [5.41, 5.74) is 12.3. The van der Waals surface area contributed by atoms with Gasteiger partial charge in [-0.05, 0) is 109 Å². The summed E-state index contributed by atoms with van der Waals surface area (Å²) in [6.45, 7) is 0. The van der Waals surface area contributed by atoms with Crippen molar-refractivity contribution in [1.82, 2.24) is 0 Å². The number of anilines is 3. The Balaban J connectivity index is 1.18. The van der Waals surface area contributed by atoms with E-state index in [0.29, 0.717) is 5.69 Å². The fourth-order valence-corrected chi connectivity index (χ4v) is 9.83. The maximum Gasteiger partial charge on any atom is 0.147 e. The van der Waals surface area contributed by atoms with E-state index >= 15 is 4.39 Å². The molecular formula is C50H30FNS. The molecule has 1 nitrogen and oxygen atoms in total. The van der Waals surface area contributed by atoms with Crippen molar-refractivity contribution in [2.24, 2.45) is 0 Å². The van der Waals surface area contributed by atoms with E-state index in [2.05, 4.69) is 163 Å². The molecule has 0 spiro atoms. The molecule has 0 aliphatic heterocycles. The molecule has 0 amide bonds. The lowest BCUT2D eigenvalue weighted by Crippen LogP contribution is -2.12. The number of nitrogens with zero attached hydrogens (tertiary/aromatic N) is 1. The molecule has 0 unspecified atom stereocenters. The minimum Gasteiger partial charge on any atom is -0.307 e. The van der Waals surface area contributed by atoms with Gasteiger partial charge in [0, 0.05) is 25.9 Å². The molecule has 1 aliphatic rings. The van der Waals surface area contributed by atoms with Crippen LogP contribution >= 0.6 is 11.3 Å². The zero-order valence-electron chi connectivity index (χ0n) is 28.6. The molecule has 11 rings (SSSR count). The summed E-state index contributed by atoms with van der Waals surface area (Å²) in [4.78, 5) is 2.08. The Kier molecular flexibility index (Phi) is 6.67. The monoisotopic (exact) mass is 695 g/mol. The predicted molar refractivity (Wildman–Crippen MR) is 224 cm³/mol. The standard InChI is InChI=1S/C50H30FNS/c51-40-22-7-8-23-41(40)52(42-24-12-26-44-48(42)37-19-6-9-25-43(37)53-44)34-29-27-33(28-30-34)47-36-18-5-4-17-35(36)46(32-13-2-1-3-14-32)49-38-20-10-15-31-16-11-21-39(45(31)38)50(47)49/h1-30H. The molecule has 0 bridgehead atoms. The van der Waals surface area contributed by atoms with Crippen molar-refractivity contribution in [1.29, 1.82) is 0 Å². The van der Waals surface area contributed by atoms with Gasteiger partial charge in [0.15, 0.2) is 0 Å². The first-order valence-corrected chi connectivity index (χ1v) is 18.8. The number of hydrogen-bond donors (Lipinski definition) is 0. The first-order chi connectivity index (χ1) is 26.2. The first kappa shape index (κ1) is 30.1. The number of hydrogen-bond acceptors (Lipinski definition) is 2. The molecule has 1 aliphatic carbocycles. The number of halogens is 1. The van der Waals surface area contributed by atoms with E-state index in [4.69, 9.17) is 0 Å². The minimum atomic E-state index is -0.265. The highest BCUT2D eigenvalue weighted by Crippen LogP contribution is 2.57. The lowest BCUT2D eigenvalue weighted by molar-refractivity contribution is 0.629. The van der Waals surface area contributed by atoms with Gasteiger partial charge in [-0.1, -0.05) is 140 Å². The third-order valence-corrected chi connectivity index (χ3v) is 12.0. The third-order valence-electron chi connectivity index (χ3n) is 10.9. The summed E-state index contributed by atoms with van der Waals surface area (Å²) in [7, 11) is 0. The van der Waals surface area contributed by atoms with Crippen LogP contribution in [-0.2, 0) is 0 Å². The van der Waals surface area contributed by atoms with Crippen molar-refractivity contribution in [3.8, 4) is 44.5 Å². The highest BCUT2D eigenvalue weighted by atomic mass is 32.1. The fraction of sp³-hybridized carbons (Fsp3) is 0. The van der Waals surface area contributed by atoms with Crippen LogP contribution in [0.15, 0.2) is 182 Å². The maximum atomic E-state index is 15.9. The number of thiophene rings is 1. The fourth-order valence-electron chi connectivity index (χ4n) is 8.70. The van der Waals surface area contributed by atoms with Gasteiger partial charge < -0.3 is 4.90 Å². The summed E-state index contributed by atoms with van der Waals surface area (Å²) in [5.74, 6) is -0.265. The van der Waals surface area contributed by atoms with Crippen LogP contribution in [0.4, 0.5) is 21.5 Å². The van der Waals surface area contributed by atoms with E-state index in [1.807, 2.05) is 12.1 Å². The third kappa shape index (κ3) is 4.48. The topological polar surface area (TPSA) is 3.24 Å². The molecule has 0 N–H and O–H groups in total. The summed E-state index contributed by atoms with van der Waals surface area (Å²) in [6.07, 6.45) is 0. The van der Waals surface area contributed by atoms with Crippen molar-refractivity contribution < 1.29 is 4.39 Å². The molecule has 9 aromatic carbocycles. The SMILES string of the molecule is Fc1ccccc1N(c1ccc(-c2c3c(c(-c4ccccc4)c4ccccc24)-c2cccc4cccc-3c24)cc1)c1cccc2sc3ccccc3c12. The Morgan fingerprint density at radius 3 is 1.62 bits per heavy atom. The minimum absolute atomic E-state index is 0.265. The second-order valence-electron chi connectivity index (χ2n) is 13.7. The van der Waals surface area contributed by atoms with Crippen LogP contribution in [0, 0.1) is 5.82 Å². The van der Waals surface area contributed by atoms with E-state index < -0.39 is 0 Å². The molecule has 248 valence electrons. The van der Waals surface area contributed by atoms with Gasteiger partial charge in [-0.15, -0.1) is 11.3 Å². The molecular weight excluding hydrogens is 666 g/mol. The van der Waals surface area contributed by atoms with Gasteiger partial charge >= 0.3 is 0 Å². The average Bonchev–Trinajstić information content (AvgIpc) is 3.76. The van der Waals surface area contributed by atoms with Gasteiger partial charge in [0.1, 0.15) is 5.82 Å². The van der Waals surface area contributed by atoms with Gasteiger partial charge in [0.2, 0.25) is 0 Å². The van der Waals surface area contributed by atoms with Gasteiger partial charge in [0.05, 0.1) is 11.4 Å². The number of para-hydroxylation sites is 1. The predicted octanol–water partition coefficient (Wildman–Crippen LogP) is 15.0. The molecule has 1 heterocycles. The lowest BCUT2D eigenvalue weighted by Gasteiger charge is -2.27. The van der Waals surface area contributed by atoms with Crippen molar-refractivity contribution in [2.45, 2.75) is 0 Å². The first-order valence-electron chi connectivity index (χ1n) is 18.0. The van der Waals surface area contributed by atoms with Crippen molar-refractivity contribution >= 4 is 70.1 Å². The van der Waals surface area contributed by atoms with Crippen molar-refractivity contribution in [2.75, 3.05) is 4.90 Å². The molecule has 0 atom stereocenters. The number of fused-ring (bicyclic) bond motifs is 7. The van der Waals surface area contributed by atoms with E-state index in [1.54, 1.807) is 23.5 Å². The van der Waals surface area contributed by atoms with Crippen LogP contribution in [0.3, 0.4) is 0 Å². The smallest absolute Gasteiger partial charge is 0.147 e. The Bertz CT molecular complexity index is 3060. The normalized spacial score (nSPS) is 11.9. The highest BCUT2D eigenvalue weighted by molar-refractivity contribution is 7.26. The van der Waals surface area contributed by atoms with Crippen molar-refractivity contribution in [3.05, 3.63) is 188 Å². The number of rotatable bonds is 5. The molecule has 10 aromatic rings. The zero-order valence-corrected chi connectivity index (χ0v) is 29.4. The molecule has 0 saturated carbocycles. The van der Waals surface area contributed by atoms with Crippen LogP contribution in [-0.4, -0.2) is 0 Å². The van der Waals surface area contributed by atoms with Gasteiger partial charge in [-0.3, -0.25) is 0 Å². The van der Waals surface area contributed by atoms with Crippen LogP contribution in [0.1, 0.15) is 0 Å². The zero-order chi connectivity index (χ0) is 35.0. The Morgan fingerprint density at radius 2 is 0.925 bits per heavy atom. The number of benzene rings is 9. The van der Waals surface area contributed by atoms with E-state index in [1.165, 1.54) is 75.3 Å². The Labute approximate surface area is 310 Å². The Hall–Kier alpha value is -6.55. The van der Waals surface area contributed by atoms with Crippen LogP contribution in [0.25, 0.3) is 86.2 Å². The average molecular weight is 696 g/mol. The van der Waals surface area contributed by atoms with E-state index in [0.717, 1.165) is 22.3 Å². The summed E-state index contributed by atoms with van der Waals surface area (Å²) >= 11 is 1.77. The summed E-state index contributed by atoms with van der Waals surface area (Å²) in [6, 6.07) is 63.7. The van der Waals surface area contributed by atoms with Gasteiger partial charge in [-0.25, -0.2) is 4.39 Å². The van der Waals surface area contributed by atoms with E-state index in [9.17, 15) is 0 Å².